The molecule has 0 bridgehead atoms. The van der Waals surface area contributed by atoms with Gasteiger partial charge in [-0.1, -0.05) is 29.8 Å². The maximum absolute atomic E-state index is 13.1. The molecular weight excluding hydrogens is 391 g/mol. The number of benzene rings is 2. The minimum Gasteiger partial charge on any atom is -0.456 e. The molecule has 0 atom stereocenters. The van der Waals surface area contributed by atoms with Crippen LogP contribution in [0.25, 0.3) is 0 Å². The molecule has 27 heavy (non-hydrogen) atoms. The largest absolute Gasteiger partial charge is 0.456 e. The summed E-state index contributed by atoms with van der Waals surface area (Å²) in [5.74, 6) is -1.40. The fourth-order valence-electron chi connectivity index (χ4n) is 2.34. The zero-order valence-corrected chi connectivity index (χ0v) is 15.8. The Morgan fingerprint density at radius 3 is 2.63 bits per heavy atom. The summed E-state index contributed by atoms with van der Waals surface area (Å²) in [6.45, 7) is 1.36. The van der Waals surface area contributed by atoms with Crippen molar-refractivity contribution in [3.63, 3.8) is 0 Å². The maximum Gasteiger partial charge on any atom is 0.340 e. The maximum atomic E-state index is 13.1. The highest BCUT2D eigenvalue weighted by Crippen LogP contribution is 2.29. The molecule has 0 fully saturated rings. The van der Waals surface area contributed by atoms with Gasteiger partial charge in [-0.3, -0.25) is 9.69 Å². The summed E-state index contributed by atoms with van der Waals surface area (Å²) in [4.78, 5) is 30.0. The smallest absolute Gasteiger partial charge is 0.340 e. The molecule has 0 N–H and O–H groups in total. The van der Waals surface area contributed by atoms with Gasteiger partial charge in [-0.25, -0.2) is 14.2 Å². The van der Waals surface area contributed by atoms with Gasteiger partial charge in [0.25, 0.3) is 0 Å². The third-order valence-electron chi connectivity index (χ3n) is 3.56. The van der Waals surface area contributed by atoms with Crippen LogP contribution in [0.4, 0.5) is 15.2 Å². The predicted molar refractivity (Wildman–Crippen MR) is 102 cm³/mol. The number of hydrogen-bond donors (Lipinski definition) is 0. The van der Waals surface area contributed by atoms with Crippen molar-refractivity contribution in [1.82, 2.24) is 4.98 Å². The first-order valence-electron chi connectivity index (χ1n) is 7.88. The SMILES string of the molecule is CC(=O)N(c1ccccc1)c1nc(COC(=O)c2ccc(F)cc2Cl)cs1. The molecule has 1 amide bonds. The molecule has 0 unspecified atom stereocenters. The van der Waals surface area contributed by atoms with Crippen LogP contribution in [0.1, 0.15) is 23.0 Å². The lowest BCUT2D eigenvalue weighted by molar-refractivity contribution is -0.115. The fourth-order valence-corrected chi connectivity index (χ4v) is 3.46. The normalized spacial score (nSPS) is 10.5. The van der Waals surface area contributed by atoms with E-state index in [1.165, 1.54) is 29.2 Å². The Kier molecular flexibility index (Phi) is 5.83. The van der Waals surface area contributed by atoms with Crippen LogP contribution in [0.3, 0.4) is 0 Å². The van der Waals surface area contributed by atoms with E-state index in [1.54, 1.807) is 17.5 Å². The Balaban J connectivity index is 1.72. The van der Waals surface area contributed by atoms with Gasteiger partial charge in [-0.2, -0.15) is 0 Å². The van der Waals surface area contributed by atoms with E-state index in [2.05, 4.69) is 4.98 Å². The van der Waals surface area contributed by atoms with Gasteiger partial charge < -0.3 is 4.74 Å². The Labute approximate surface area is 164 Å². The van der Waals surface area contributed by atoms with Crippen molar-refractivity contribution in [3.8, 4) is 0 Å². The number of ether oxygens (including phenoxy) is 1. The first-order valence-corrected chi connectivity index (χ1v) is 9.14. The third-order valence-corrected chi connectivity index (χ3v) is 4.75. The average molecular weight is 405 g/mol. The molecule has 5 nitrogen and oxygen atoms in total. The summed E-state index contributed by atoms with van der Waals surface area (Å²) >= 11 is 7.12. The molecular formula is C19H14ClFN2O3S. The van der Waals surface area contributed by atoms with Gasteiger partial charge in [0.15, 0.2) is 5.13 Å². The van der Waals surface area contributed by atoms with Crippen molar-refractivity contribution in [3.05, 3.63) is 76.0 Å². The minimum absolute atomic E-state index is 0.0224. The molecule has 0 aliphatic carbocycles. The first kappa shape index (κ1) is 19.0. The summed E-state index contributed by atoms with van der Waals surface area (Å²) < 4.78 is 18.3. The number of para-hydroxylation sites is 1. The quantitative estimate of drug-likeness (QED) is 0.563. The standard InChI is InChI=1S/C19H14ClFN2O3S/c1-12(24)23(15-5-3-2-4-6-15)19-22-14(11-27-19)10-26-18(25)16-8-7-13(21)9-17(16)20/h2-9,11H,10H2,1H3. The zero-order valence-electron chi connectivity index (χ0n) is 14.2. The summed E-state index contributed by atoms with van der Waals surface area (Å²) in [7, 11) is 0. The molecule has 0 spiro atoms. The van der Waals surface area contributed by atoms with E-state index in [9.17, 15) is 14.0 Å². The molecule has 3 rings (SSSR count). The number of carbonyl (C=O) groups excluding carboxylic acids is 2. The van der Waals surface area contributed by atoms with Crippen LogP contribution in [0.2, 0.25) is 5.02 Å². The Morgan fingerprint density at radius 1 is 1.22 bits per heavy atom. The number of esters is 1. The van der Waals surface area contributed by atoms with Crippen LogP contribution in [-0.2, 0) is 16.1 Å². The van der Waals surface area contributed by atoms with Gasteiger partial charge in [-0.05, 0) is 30.3 Å². The van der Waals surface area contributed by atoms with E-state index in [0.717, 1.165) is 12.1 Å². The molecule has 0 aliphatic rings. The van der Waals surface area contributed by atoms with Crippen LogP contribution in [0.5, 0.6) is 0 Å². The van der Waals surface area contributed by atoms with Gasteiger partial charge in [0.2, 0.25) is 5.91 Å². The van der Waals surface area contributed by atoms with Crippen molar-refractivity contribution >= 4 is 45.6 Å². The van der Waals surface area contributed by atoms with Crippen molar-refractivity contribution in [1.29, 1.82) is 0 Å². The summed E-state index contributed by atoms with van der Waals surface area (Å²) in [6.07, 6.45) is 0. The molecule has 2 aromatic carbocycles. The van der Waals surface area contributed by atoms with Crippen molar-refractivity contribution in [2.24, 2.45) is 0 Å². The lowest BCUT2D eigenvalue weighted by Crippen LogP contribution is -2.22. The van der Waals surface area contributed by atoms with Gasteiger partial charge in [0, 0.05) is 12.3 Å². The van der Waals surface area contributed by atoms with E-state index < -0.39 is 11.8 Å². The van der Waals surface area contributed by atoms with E-state index >= 15 is 0 Å². The van der Waals surface area contributed by atoms with E-state index in [4.69, 9.17) is 16.3 Å². The Hall–Kier alpha value is -2.77. The Bertz CT molecular complexity index is 978. The van der Waals surface area contributed by atoms with Gasteiger partial charge in [0.05, 0.1) is 22.0 Å². The highest BCUT2D eigenvalue weighted by atomic mass is 35.5. The first-order chi connectivity index (χ1) is 13.0. The molecule has 138 valence electrons. The molecule has 0 saturated carbocycles. The summed E-state index contributed by atoms with van der Waals surface area (Å²) in [6, 6.07) is 12.6. The minimum atomic E-state index is -0.680. The van der Waals surface area contributed by atoms with Gasteiger partial charge in [0.1, 0.15) is 12.4 Å². The third kappa shape index (κ3) is 4.50. The van der Waals surface area contributed by atoms with Crippen LogP contribution in [-0.4, -0.2) is 16.9 Å². The molecule has 3 aromatic rings. The van der Waals surface area contributed by atoms with Gasteiger partial charge in [-0.15, -0.1) is 11.3 Å². The second-order valence-corrected chi connectivity index (χ2v) is 6.76. The van der Waals surface area contributed by atoms with Crippen LogP contribution >= 0.6 is 22.9 Å². The fraction of sp³-hybridized carbons (Fsp3) is 0.105. The lowest BCUT2D eigenvalue weighted by atomic mass is 10.2. The van der Waals surface area contributed by atoms with Crippen molar-refractivity contribution < 1.29 is 18.7 Å². The van der Waals surface area contributed by atoms with Crippen molar-refractivity contribution in [2.75, 3.05) is 4.90 Å². The van der Waals surface area contributed by atoms with E-state index in [-0.39, 0.29) is 23.1 Å². The number of anilines is 2. The topological polar surface area (TPSA) is 59.5 Å². The van der Waals surface area contributed by atoms with Gasteiger partial charge >= 0.3 is 5.97 Å². The molecule has 0 aliphatic heterocycles. The number of carbonyl (C=O) groups is 2. The second-order valence-electron chi connectivity index (χ2n) is 5.51. The highest BCUT2D eigenvalue weighted by Gasteiger charge is 2.19. The number of aromatic nitrogens is 1. The molecule has 1 aromatic heterocycles. The lowest BCUT2D eigenvalue weighted by Gasteiger charge is -2.17. The van der Waals surface area contributed by atoms with E-state index in [1.807, 2.05) is 18.2 Å². The van der Waals surface area contributed by atoms with E-state index in [0.29, 0.717) is 16.5 Å². The second kappa shape index (κ2) is 8.28. The number of halogens is 2. The Morgan fingerprint density at radius 2 is 1.96 bits per heavy atom. The number of hydrogen-bond acceptors (Lipinski definition) is 5. The monoisotopic (exact) mass is 404 g/mol. The predicted octanol–water partition coefficient (Wildman–Crippen LogP) is 4.98. The summed E-state index contributed by atoms with van der Waals surface area (Å²) in [5, 5.41) is 2.15. The van der Waals surface area contributed by atoms with Crippen LogP contribution in [0.15, 0.2) is 53.9 Å². The average Bonchev–Trinajstić information content (AvgIpc) is 3.09. The number of nitrogens with zero attached hydrogens (tertiary/aromatic N) is 2. The molecule has 0 radical (unpaired) electrons. The van der Waals surface area contributed by atoms with Crippen molar-refractivity contribution in [2.45, 2.75) is 13.5 Å². The molecule has 0 saturated heterocycles. The van der Waals surface area contributed by atoms with Crippen LogP contribution in [0, 0.1) is 5.82 Å². The summed E-state index contributed by atoms with van der Waals surface area (Å²) in [5.41, 5.74) is 1.26. The number of rotatable bonds is 5. The number of amides is 1. The van der Waals surface area contributed by atoms with Crippen LogP contribution < -0.4 is 4.90 Å². The highest BCUT2D eigenvalue weighted by molar-refractivity contribution is 7.14. The zero-order chi connectivity index (χ0) is 19.4. The molecule has 8 heteroatoms. The molecule has 1 heterocycles. The number of thiazole rings is 1.